The summed E-state index contributed by atoms with van der Waals surface area (Å²) in [4.78, 5) is 2.46. The molecule has 1 heterocycles. The smallest absolute Gasteiger partial charge is 0.119 e. The van der Waals surface area contributed by atoms with Crippen LogP contribution < -0.4 is 10.1 Å². The van der Waals surface area contributed by atoms with E-state index in [2.05, 4.69) is 59.1 Å². The van der Waals surface area contributed by atoms with Gasteiger partial charge in [0, 0.05) is 36.7 Å². The van der Waals surface area contributed by atoms with Gasteiger partial charge in [0.1, 0.15) is 12.4 Å². The lowest BCUT2D eigenvalue weighted by atomic mass is 10.1. The Morgan fingerprint density at radius 3 is 2.48 bits per heavy atom. The lowest BCUT2D eigenvalue weighted by Crippen LogP contribution is -2.50. The quantitative estimate of drug-likeness (QED) is 0.837. The number of rotatable bonds is 4. The molecule has 6 heteroatoms. The summed E-state index contributed by atoms with van der Waals surface area (Å²) >= 11 is 3.58. The number of hydrogen-bond donors (Lipinski definition) is 1. The van der Waals surface area contributed by atoms with Crippen molar-refractivity contribution < 1.29 is 4.74 Å². The van der Waals surface area contributed by atoms with Gasteiger partial charge in [-0.2, -0.15) is 0 Å². The Labute approximate surface area is 148 Å². The minimum atomic E-state index is 0. The summed E-state index contributed by atoms with van der Waals surface area (Å²) in [5.41, 5.74) is 2.46. The molecule has 1 aromatic rings. The van der Waals surface area contributed by atoms with Crippen molar-refractivity contribution in [3.63, 3.8) is 0 Å². The Balaban J connectivity index is 0.00000200. The third-order valence-corrected chi connectivity index (χ3v) is 4.79. The second-order valence-electron chi connectivity index (χ2n) is 5.38. The molecule has 0 radical (unpaired) electrons. The molecule has 1 atom stereocenters. The average molecular weight is 400 g/mol. The van der Waals surface area contributed by atoms with Crippen LogP contribution in [-0.2, 0) is 0 Å². The summed E-state index contributed by atoms with van der Waals surface area (Å²) in [5.74, 6) is 0.974. The fraction of sp³-hybridized carbons (Fsp3) is 0.600. The minimum absolute atomic E-state index is 0. The Hall–Kier alpha value is -0.000000000000000111. The molecule has 2 rings (SSSR count). The molecule has 1 aromatic carbocycles. The number of aryl methyl sites for hydroxylation is 2. The van der Waals surface area contributed by atoms with Gasteiger partial charge in [-0.25, -0.2) is 0 Å². The molecule has 1 aliphatic heterocycles. The highest BCUT2D eigenvalue weighted by Crippen LogP contribution is 2.26. The van der Waals surface area contributed by atoms with E-state index in [4.69, 9.17) is 4.74 Å². The molecule has 21 heavy (non-hydrogen) atoms. The Morgan fingerprint density at radius 2 is 1.90 bits per heavy atom. The molecule has 0 bridgehead atoms. The zero-order valence-corrected chi connectivity index (χ0v) is 16.0. The van der Waals surface area contributed by atoms with E-state index in [9.17, 15) is 0 Å². The van der Waals surface area contributed by atoms with Crippen LogP contribution in [0.3, 0.4) is 0 Å². The molecule has 0 aromatic heterocycles. The number of nitrogens with one attached hydrogen (secondary N) is 1. The topological polar surface area (TPSA) is 24.5 Å². The summed E-state index contributed by atoms with van der Waals surface area (Å²) < 4.78 is 7.05. The predicted molar refractivity (Wildman–Crippen MR) is 97.5 cm³/mol. The van der Waals surface area contributed by atoms with E-state index in [1.54, 1.807) is 0 Å². The zero-order valence-electron chi connectivity index (χ0n) is 12.8. The van der Waals surface area contributed by atoms with Gasteiger partial charge >= 0.3 is 0 Å². The fourth-order valence-corrected chi connectivity index (χ4v) is 2.73. The van der Waals surface area contributed by atoms with Crippen LogP contribution in [0, 0.1) is 13.8 Å². The van der Waals surface area contributed by atoms with Crippen molar-refractivity contribution >= 4 is 40.7 Å². The van der Waals surface area contributed by atoms with E-state index in [0.29, 0.717) is 6.04 Å². The molecule has 1 aliphatic rings. The molecular formula is C15H25BrCl2N2O. The number of halogens is 3. The van der Waals surface area contributed by atoms with Gasteiger partial charge in [0.05, 0.1) is 0 Å². The third kappa shape index (κ3) is 6.33. The van der Waals surface area contributed by atoms with E-state index in [1.807, 2.05) is 0 Å². The molecule has 1 saturated heterocycles. The largest absolute Gasteiger partial charge is 0.492 e. The van der Waals surface area contributed by atoms with Gasteiger partial charge in [-0.05, 0) is 44.0 Å². The van der Waals surface area contributed by atoms with Gasteiger partial charge in [-0.1, -0.05) is 15.9 Å². The Bertz CT molecular complexity index is 423. The maximum atomic E-state index is 5.88. The molecule has 1 N–H and O–H groups in total. The van der Waals surface area contributed by atoms with Crippen molar-refractivity contribution in [1.82, 2.24) is 10.2 Å². The van der Waals surface area contributed by atoms with Crippen molar-refractivity contribution in [3.8, 4) is 5.75 Å². The van der Waals surface area contributed by atoms with Gasteiger partial charge in [-0.3, -0.25) is 4.90 Å². The van der Waals surface area contributed by atoms with Crippen LogP contribution in [-0.4, -0.2) is 43.7 Å². The maximum absolute atomic E-state index is 5.88. The first kappa shape index (κ1) is 21.0. The first-order valence-corrected chi connectivity index (χ1v) is 7.71. The molecule has 0 spiro atoms. The van der Waals surface area contributed by atoms with Crippen LogP contribution in [0.5, 0.6) is 5.75 Å². The van der Waals surface area contributed by atoms with Crippen LogP contribution in [0.1, 0.15) is 18.1 Å². The summed E-state index contributed by atoms with van der Waals surface area (Å²) in [6.07, 6.45) is 0. The van der Waals surface area contributed by atoms with Crippen molar-refractivity contribution in [1.29, 1.82) is 0 Å². The highest BCUT2D eigenvalue weighted by molar-refractivity contribution is 9.10. The van der Waals surface area contributed by atoms with Crippen molar-refractivity contribution in [2.24, 2.45) is 0 Å². The standard InChI is InChI=1S/C15H23BrN2O.2ClH/c1-11-8-14(9-12(2)15(11)16)19-7-6-18-5-4-17-13(3)10-18;;/h8-9,13,17H,4-7,10H2,1-3H3;2*1H. The summed E-state index contributed by atoms with van der Waals surface area (Å²) in [6.45, 7) is 11.5. The lowest BCUT2D eigenvalue weighted by molar-refractivity contribution is 0.170. The molecule has 3 nitrogen and oxygen atoms in total. The number of nitrogens with zero attached hydrogens (tertiary/aromatic N) is 1. The van der Waals surface area contributed by atoms with E-state index >= 15 is 0 Å². The van der Waals surface area contributed by atoms with Crippen molar-refractivity contribution in [3.05, 3.63) is 27.7 Å². The van der Waals surface area contributed by atoms with Gasteiger partial charge in [0.15, 0.2) is 0 Å². The SMILES string of the molecule is Cc1cc(OCCN2CCNC(C)C2)cc(C)c1Br.Cl.Cl. The summed E-state index contributed by atoms with van der Waals surface area (Å²) in [7, 11) is 0. The fourth-order valence-electron chi connectivity index (χ4n) is 2.50. The van der Waals surface area contributed by atoms with Crippen LogP contribution in [0.25, 0.3) is 0 Å². The molecular weight excluding hydrogens is 375 g/mol. The third-order valence-electron chi connectivity index (χ3n) is 3.54. The van der Waals surface area contributed by atoms with Gasteiger partial charge in [0.2, 0.25) is 0 Å². The Kier molecular flexibility index (Phi) is 9.90. The lowest BCUT2D eigenvalue weighted by Gasteiger charge is -2.31. The highest BCUT2D eigenvalue weighted by Gasteiger charge is 2.14. The maximum Gasteiger partial charge on any atom is 0.119 e. The molecule has 0 aliphatic carbocycles. The number of ether oxygens (including phenoxy) is 1. The van der Waals surface area contributed by atoms with Gasteiger partial charge < -0.3 is 10.1 Å². The van der Waals surface area contributed by atoms with E-state index in [-0.39, 0.29) is 24.8 Å². The van der Waals surface area contributed by atoms with E-state index < -0.39 is 0 Å². The molecule has 0 amide bonds. The number of benzene rings is 1. The predicted octanol–water partition coefficient (Wildman–Crippen LogP) is 3.58. The van der Waals surface area contributed by atoms with Gasteiger partial charge in [-0.15, -0.1) is 24.8 Å². The van der Waals surface area contributed by atoms with Crippen LogP contribution in [0.2, 0.25) is 0 Å². The first-order chi connectivity index (χ1) is 9.06. The molecule has 122 valence electrons. The Morgan fingerprint density at radius 1 is 1.29 bits per heavy atom. The second-order valence-corrected chi connectivity index (χ2v) is 6.17. The number of hydrogen-bond acceptors (Lipinski definition) is 3. The monoisotopic (exact) mass is 398 g/mol. The van der Waals surface area contributed by atoms with Crippen LogP contribution in [0.4, 0.5) is 0 Å². The minimum Gasteiger partial charge on any atom is -0.492 e. The van der Waals surface area contributed by atoms with Crippen LogP contribution >= 0.6 is 40.7 Å². The first-order valence-electron chi connectivity index (χ1n) is 6.91. The molecule has 1 fully saturated rings. The van der Waals surface area contributed by atoms with E-state index in [1.165, 1.54) is 15.6 Å². The summed E-state index contributed by atoms with van der Waals surface area (Å²) in [5, 5.41) is 3.45. The normalized spacial score (nSPS) is 18.6. The zero-order chi connectivity index (χ0) is 13.8. The van der Waals surface area contributed by atoms with Gasteiger partial charge in [0.25, 0.3) is 0 Å². The second kappa shape index (κ2) is 9.90. The average Bonchev–Trinajstić information content (AvgIpc) is 2.36. The summed E-state index contributed by atoms with van der Waals surface area (Å²) in [6, 6.07) is 4.78. The van der Waals surface area contributed by atoms with E-state index in [0.717, 1.165) is 38.5 Å². The number of piperazine rings is 1. The van der Waals surface area contributed by atoms with Crippen molar-refractivity contribution in [2.45, 2.75) is 26.8 Å². The molecule has 0 saturated carbocycles. The highest BCUT2D eigenvalue weighted by atomic mass is 79.9. The van der Waals surface area contributed by atoms with Crippen molar-refractivity contribution in [2.75, 3.05) is 32.8 Å². The van der Waals surface area contributed by atoms with Crippen LogP contribution in [0.15, 0.2) is 16.6 Å². The molecule has 1 unspecified atom stereocenters.